The topological polar surface area (TPSA) is 70.0 Å². The fourth-order valence-electron chi connectivity index (χ4n) is 2.69. The lowest BCUT2D eigenvalue weighted by Gasteiger charge is -2.15. The maximum atomic E-state index is 12.0. The summed E-state index contributed by atoms with van der Waals surface area (Å²) >= 11 is 1.73. The van der Waals surface area contributed by atoms with Gasteiger partial charge in [0.05, 0.1) is 6.21 Å². The number of ketones is 1. The molecule has 0 unspecified atom stereocenters. The van der Waals surface area contributed by atoms with Gasteiger partial charge in [0.2, 0.25) is 9.57 Å². The molecule has 2 N–H and O–H groups in total. The van der Waals surface area contributed by atoms with E-state index in [1.807, 2.05) is 44.3 Å². The molecule has 0 heterocycles. The van der Waals surface area contributed by atoms with Crippen LogP contribution in [-0.4, -0.2) is 22.8 Å². The molecule has 0 saturated carbocycles. The normalized spacial score (nSPS) is 11.1. The third kappa shape index (κ3) is 4.42. The van der Waals surface area contributed by atoms with Crippen molar-refractivity contribution in [2.45, 2.75) is 13.3 Å². The van der Waals surface area contributed by atoms with Crippen LogP contribution in [0.15, 0.2) is 48.5 Å². The largest absolute Gasteiger partial charge is 0.388 e. The Labute approximate surface area is 161 Å². The van der Waals surface area contributed by atoms with Crippen LogP contribution in [0.25, 0.3) is 5.57 Å². The second kappa shape index (κ2) is 8.71. The lowest BCUT2D eigenvalue weighted by atomic mass is 9.93. The predicted octanol–water partition coefficient (Wildman–Crippen LogP) is 4.78. The fraction of sp³-hybridized carbons (Fsp3) is 0.150. The number of carbonyl (C=O) groups excluding carboxylic acids is 2. The molecule has 0 aliphatic carbocycles. The van der Waals surface area contributed by atoms with Crippen molar-refractivity contribution < 1.29 is 9.59 Å². The van der Waals surface area contributed by atoms with Gasteiger partial charge in [-0.2, -0.15) is 0 Å². The van der Waals surface area contributed by atoms with Crippen LogP contribution in [0.4, 0.5) is 5.69 Å². The average Bonchev–Trinajstić information content (AvgIpc) is 2.65. The van der Waals surface area contributed by atoms with Gasteiger partial charge in [0.1, 0.15) is 0 Å². The molecule has 0 amide bonds. The van der Waals surface area contributed by atoms with Gasteiger partial charge in [-0.25, -0.2) is 0 Å². The number of benzene rings is 2. The molecule has 5 heteroatoms. The summed E-state index contributed by atoms with van der Waals surface area (Å²) in [5.74, 6) is -0.405. The zero-order valence-electron chi connectivity index (χ0n) is 14.1. The molecule has 0 atom stereocenters. The third-order valence-electron chi connectivity index (χ3n) is 4.01. The van der Waals surface area contributed by atoms with Crippen molar-refractivity contribution in [3.8, 4) is 0 Å². The summed E-state index contributed by atoms with van der Waals surface area (Å²) in [5.41, 5.74) is 4.92. The van der Waals surface area contributed by atoms with Gasteiger partial charge in [-0.1, -0.05) is 36.4 Å². The smallest absolute Gasteiger partial charge is 0.222 e. The van der Waals surface area contributed by atoms with Crippen LogP contribution in [0.3, 0.4) is 0 Å². The van der Waals surface area contributed by atoms with Crippen LogP contribution in [0, 0.1) is 5.41 Å². The molecule has 2 aromatic rings. The fourth-order valence-corrected chi connectivity index (χ4v) is 3.19. The molecule has 128 valence electrons. The van der Waals surface area contributed by atoms with E-state index in [9.17, 15) is 9.59 Å². The SMILES string of the molecule is C/C=C(/Cc1ccc(C(=O)C=N)cc1C(=O)I)c1ccccc1NC. The molecule has 2 aromatic carbocycles. The van der Waals surface area contributed by atoms with Gasteiger partial charge < -0.3 is 10.7 Å². The van der Waals surface area contributed by atoms with Gasteiger partial charge in [0.15, 0.2) is 0 Å². The number of carbonyl (C=O) groups is 2. The number of Topliss-reactive ketones (excluding diaryl/α,β-unsaturated/α-hetero) is 1. The Morgan fingerprint density at radius 3 is 2.48 bits per heavy atom. The lowest BCUT2D eigenvalue weighted by molar-refractivity contribution is 0.107. The number of halogens is 1. The third-order valence-corrected chi connectivity index (χ3v) is 4.59. The maximum absolute atomic E-state index is 12.0. The van der Waals surface area contributed by atoms with Crippen LogP contribution in [-0.2, 0) is 6.42 Å². The Morgan fingerprint density at radius 1 is 1.16 bits per heavy atom. The van der Waals surface area contributed by atoms with E-state index in [2.05, 4.69) is 5.32 Å². The van der Waals surface area contributed by atoms with E-state index in [0.29, 0.717) is 17.5 Å². The molecule has 0 aromatic heterocycles. The zero-order valence-corrected chi connectivity index (χ0v) is 16.3. The van der Waals surface area contributed by atoms with Gasteiger partial charge in [0.25, 0.3) is 0 Å². The zero-order chi connectivity index (χ0) is 18.4. The van der Waals surface area contributed by atoms with E-state index in [1.165, 1.54) is 0 Å². The number of anilines is 1. The average molecular weight is 446 g/mol. The monoisotopic (exact) mass is 446 g/mol. The molecule has 0 bridgehead atoms. The number of nitrogens with one attached hydrogen (secondary N) is 2. The molecule has 25 heavy (non-hydrogen) atoms. The summed E-state index contributed by atoms with van der Waals surface area (Å²) in [5, 5.41) is 10.3. The quantitative estimate of drug-likeness (QED) is 0.278. The summed E-state index contributed by atoms with van der Waals surface area (Å²) in [6.45, 7) is 1.97. The van der Waals surface area contributed by atoms with Crippen molar-refractivity contribution in [2.24, 2.45) is 0 Å². The summed E-state index contributed by atoms with van der Waals surface area (Å²) < 4.78 is -0.121. The first-order valence-electron chi connectivity index (χ1n) is 7.81. The Kier molecular flexibility index (Phi) is 6.64. The Balaban J connectivity index is 2.46. The summed E-state index contributed by atoms with van der Waals surface area (Å²) in [6, 6.07) is 13.1. The summed E-state index contributed by atoms with van der Waals surface area (Å²) in [4.78, 5) is 23.8. The van der Waals surface area contributed by atoms with Crippen LogP contribution in [0.5, 0.6) is 0 Å². The second-order valence-corrected chi connectivity index (χ2v) is 6.42. The second-order valence-electron chi connectivity index (χ2n) is 5.44. The van der Waals surface area contributed by atoms with Crippen molar-refractivity contribution in [1.82, 2.24) is 0 Å². The van der Waals surface area contributed by atoms with Gasteiger partial charge in [-0.3, -0.25) is 9.59 Å². The Hall–Kier alpha value is -2.28. The van der Waals surface area contributed by atoms with Crippen LogP contribution < -0.4 is 5.32 Å². The van der Waals surface area contributed by atoms with Crippen molar-refractivity contribution in [3.63, 3.8) is 0 Å². The molecule has 2 rings (SSSR count). The van der Waals surface area contributed by atoms with E-state index in [1.54, 1.807) is 40.8 Å². The minimum Gasteiger partial charge on any atom is -0.388 e. The minimum atomic E-state index is -0.405. The molecule has 0 aliphatic heterocycles. The van der Waals surface area contributed by atoms with Crippen LogP contribution >= 0.6 is 22.6 Å². The van der Waals surface area contributed by atoms with E-state index in [4.69, 9.17) is 5.41 Å². The number of allylic oxidation sites excluding steroid dienone is 2. The molecule has 0 aliphatic rings. The minimum absolute atomic E-state index is 0.121. The molecular weight excluding hydrogens is 427 g/mol. The number of para-hydroxylation sites is 1. The van der Waals surface area contributed by atoms with E-state index < -0.39 is 5.78 Å². The lowest BCUT2D eigenvalue weighted by Crippen LogP contribution is -2.06. The van der Waals surface area contributed by atoms with Crippen molar-refractivity contribution in [1.29, 1.82) is 5.41 Å². The van der Waals surface area contributed by atoms with E-state index in [0.717, 1.165) is 28.6 Å². The van der Waals surface area contributed by atoms with Crippen molar-refractivity contribution in [3.05, 3.63) is 70.8 Å². The highest BCUT2D eigenvalue weighted by Crippen LogP contribution is 2.28. The van der Waals surface area contributed by atoms with Gasteiger partial charge >= 0.3 is 0 Å². The van der Waals surface area contributed by atoms with Gasteiger partial charge in [-0.05, 0) is 36.6 Å². The number of rotatable bonds is 7. The Bertz CT molecular complexity index is 857. The highest BCUT2D eigenvalue weighted by molar-refractivity contribution is 14.1. The molecule has 0 fully saturated rings. The first-order valence-corrected chi connectivity index (χ1v) is 8.89. The molecule has 4 nitrogen and oxygen atoms in total. The maximum Gasteiger partial charge on any atom is 0.222 e. The number of hydrogen-bond acceptors (Lipinski definition) is 4. The first-order chi connectivity index (χ1) is 12.0. The van der Waals surface area contributed by atoms with Crippen molar-refractivity contribution in [2.75, 3.05) is 12.4 Å². The highest BCUT2D eigenvalue weighted by atomic mass is 127. The molecular formula is C20H19IN2O2. The summed E-state index contributed by atoms with van der Waals surface area (Å²) in [6.07, 6.45) is 3.38. The Morgan fingerprint density at radius 2 is 1.88 bits per heavy atom. The van der Waals surface area contributed by atoms with Crippen LogP contribution in [0.1, 0.15) is 38.8 Å². The summed E-state index contributed by atoms with van der Waals surface area (Å²) in [7, 11) is 1.88. The molecule has 0 saturated heterocycles. The predicted molar refractivity (Wildman–Crippen MR) is 111 cm³/mol. The van der Waals surface area contributed by atoms with Gasteiger partial charge in [0, 0.05) is 52.0 Å². The van der Waals surface area contributed by atoms with E-state index >= 15 is 0 Å². The number of hydrogen-bond donors (Lipinski definition) is 2. The standard InChI is InChI=1S/C20H19IN2O2/c1-3-13(16-6-4-5-7-18(16)23-2)10-14-8-9-15(19(24)12-22)11-17(14)20(21)25/h3-9,11-12,22-23H,10H2,1-2H3/b13-3-,22-12?. The molecule has 0 spiro atoms. The highest BCUT2D eigenvalue weighted by Gasteiger charge is 2.15. The van der Waals surface area contributed by atoms with Crippen molar-refractivity contribution >= 4 is 49.6 Å². The van der Waals surface area contributed by atoms with Crippen LogP contribution in [0.2, 0.25) is 0 Å². The van der Waals surface area contributed by atoms with Gasteiger partial charge in [-0.15, -0.1) is 0 Å². The molecule has 0 radical (unpaired) electrons. The first kappa shape index (κ1) is 19.1. The van der Waals surface area contributed by atoms with E-state index in [-0.39, 0.29) is 3.79 Å².